The number of aryl methyl sites for hydroxylation is 1. The lowest BCUT2D eigenvalue weighted by atomic mass is 10.1. The summed E-state index contributed by atoms with van der Waals surface area (Å²) in [6.45, 7) is 4.04. The van der Waals surface area contributed by atoms with Gasteiger partial charge in [0.25, 0.3) is 0 Å². The smallest absolute Gasteiger partial charge is 0.233 e. The number of benzene rings is 2. The van der Waals surface area contributed by atoms with Crippen molar-refractivity contribution < 1.29 is 4.42 Å². The predicted molar refractivity (Wildman–Crippen MR) is 89.9 cm³/mol. The first-order valence-electron chi connectivity index (χ1n) is 7.47. The minimum Gasteiger partial charge on any atom is -0.419 e. The van der Waals surface area contributed by atoms with Gasteiger partial charge in [0.2, 0.25) is 17.5 Å². The van der Waals surface area contributed by atoms with Gasteiger partial charge in [-0.3, -0.25) is 0 Å². The van der Waals surface area contributed by atoms with E-state index in [0.29, 0.717) is 11.8 Å². The maximum absolute atomic E-state index is 9.29. The van der Waals surface area contributed by atoms with Crippen molar-refractivity contribution in [3.05, 3.63) is 71.4 Å². The van der Waals surface area contributed by atoms with Crippen LogP contribution in [0, 0.1) is 18.3 Å². The van der Waals surface area contributed by atoms with Gasteiger partial charge in [0.15, 0.2) is 0 Å². The van der Waals surface area contributed by atoms with Crippen molar-refractivity contribution in [3.8, 4) is 17.5 Å². The molecule has 0 saturated carbocycles. The molecule has 0 spiro atoms. The van der Waals surface area contributed by atoms with Gasteiger partial charge < -0.3 is 9.73 Å². The summed E-state index contributed by atoms with van der Waals surface area (Å²) in [5.74, 6) is 0.851. The molecule has 3 rings (SSSR count). The van der Waals surface area contributed by atoms with Crippen molar-refractivity contribution in [3.63, 3.8) is 0 Å². The quantitative estimate of drug-likeness (QED) is 0.759. The van der Waals surface area contributed by atoms with Crippen molar-refractivity contribution in [2.24, 2.45) is 0 Å². The lowest BCUT2D eigenvalue weighted by Gasteiger charge is -2.13. The zero-order valence-corrected chi connectivity index (χ0v) is 13.1. The Labute approximate surface area is 135 Å². The largest absolute Gasteiger partial charge is 0.419 e. The third-order valence-electron chi connectivity index (χ3n) is 3.68. The normalized spacial score (nSPS) is 11.7. The zero-order chi connectivity index (χ0) is 16.2. The predicted octanol–water partition coefficient (Wildman–Crippen LogP) is 4.69. The number of anilines is 1. The molecule has 0 aliphatic carbocycles. The molecule has 114 valence electrons. The summed E-state index contributed by atoms with van der Waals surface area (Å²) in [5.41, 5.74) is 3.40. The van der Waals surface area contributed by atoms with E-state index in [2.05, 4.69) is 16.4 Å². The highest BCUT2D eigenvalue weighted by Crippen LogP contribution is 2.28. The second kappa shape index (κ2) is 6.37. The van der Waals surface area contributed by atoms with Crippen molar-refractivity contribution in [2.45, 2.75) is 19.9 Å². The van der Waals surface area contributed by atoms with Gasteiger partial charge in [0, 0.05) is 5.56 Å². The van der Waals surface area contributed by atoms with Crippen molar-refractivity contribution in [2.75, 3.05) is 5.32 Å². The number of aromatic nitrogens is 1. The van der Waals surface area contributed by atoms with E-state index >= 15 is 0 Å². The molecule has 1 atom stereocenters. The molecule has 1 aromatic heterocycles. The number of nitriles is 1. The minimum atomic E-state index is 0.0158. The average Bonchev–Trinajstić information content (AvgIpc) is 2.99. The number of rotatable bonds is 4. The molecule has 3 aromatic rings. The average molecular weight is 303 g/mol. The van der Waals surface area contributed by atoms with Crippen LogP contribution in [0.2, 0.25) is 0 Å². The molecule has 0 aliphatic rings. The molecule has 0 bridgehead atoms. The Morgan fingerprint density at radius 3 is 2.43 bits per heavy atom. The van der Waals surface area contributed by atoms with Gasteiger partial charge in [-0.05, 0) is 31.5 Å². The van der Waals surface area contributed by atoms with Crippen LogP contribution in [-0.4, -0.2) is 4.98 Å². The van der Waals surface area contributed by atoms with Gasteiger partial charge >= 0.3 is 0 Å². The summed E-state index contributed by atoms with van der Waals surface area (Å²) in [6.07, 6.45) is 0. The first-order chi connectivity index (χ1) is 11.2. The van der Waals surface area contributed by atoms with Crippen molar-refractivity contribution in [1.29, 1.82) is 5.26 Å². The first kappa shape index (κ1) is 14.9. The summed E-state index contributed by atoms with van der Waals surface area (Å²) < 4.78 is 5.78. The number of hydrogen-bond donors (Lipinski definition) is 1. The highest BCUT2D eigenvalue weighted by Gasteiger charge is 2.16. The maximum Gasteiger partial charge on any atom is 0.233 e. The van der Waals surface area contributed by atoms with E-state index < -0.39 is 0 Å². The minimum absolute atomic E-state index is 0.0158. The lowest BCUT2D eigenvalue weighted by Crippen LogP contribution is -2.06. The van der Waals surface area contributed by atoms with E-state index in [-0.39, 0.29) is 11.7 Å². The van der Waals surface area contributed by atoms with Crippen molar-refractivity contribution >= 4 is 5.88 Å². The fourth-order valence-electron chi connectivity index (χ4n) is 2.34. The van der Waals surface area contributed by atoms with Crippen LogP contribution < -0.4 is 5.32 Å². The Bertz CT molecular complexity index is 829. The third-order valence-corrected chi connectivity index (χ3v) is 3.68. The second-order valence-electron chi connectivity index (χ2n) is 5.45. The van der Waals surface area contributed by atoms with Crippen LogP contribution in [-0.2, 0) is 0 Å². The summed E-state index contributed by atoms with van der Waals surface area (Å²) in [5, 5.41) is 12.5. The molecule has 0 saturated heterocycles. The van der Waals surface area contributed by atoms with Crippen LogP contribution in [0.1, 0.15) is 29.8 Å². The molecule has 1 heterocycles. The number of nitrogens with one attached hydrogen (secondary N) is 1. The number of hydrogen-bond acceptors (Lipinski definition) is 4. The standard InChI is InChI=1S/C19H17N3O/c1-13-8-10-16(11-9-13)18-22-17(12-20)19(23-18)21-14(2)15-6-4-3-5-7-15/h3-11,14,21H,1-2H3. The van der Waals surface area contributed by atoms with E-state index in [4.69, 9.17) is 4.42 Å². The summed E-state index contributed by atoms with van der Waals surface area (Å²) in [7, 11) is 0. The molecule has 4 nitrogen and oxygen atoms in total. The highest BCUT2D eigenvalue weighted by atomic mass is 16.4. The summed E-state index contributed by atoms with van der Waals surface area (Å²) >= 11 is 0. The van der Waals surface area contributed by atoms with Crippen LogP contribution in [0.15, 0.2) is 59.0 Å². The van der Waals surface area contributed by atoms with Gasteiger partial charge in [-0.25, -0.2) is 0 Å². The molecule has 0 amide bonds. The third kappa shape index (κ3) is 3.24. The topological polar surface area (TPSA) is 61.9 Å². The van der Waals surface area contributed by atoms with Crippen LogP contribution in [0.25, 0.3) is 11.5 Å². The number of oxazole rings is 1. The molecule has 4 heteroatoms. The van der Waals surface area contributed by atoms with E-state index in [1.54, 1.807) is 0 Å². The summed E-state index contributed by atoms with van der Waals surface area (Å²) in [6, 6.07) is 20.0. The molecule has 0 radical (unpaired) electrons. The van der Waals surface area contributed by atoms with Crippen LogP contribution in [0.4, 0.5) is 5.88 Å². The fourth-order valence-corrected chi connectivity index (χ4v) is 2.34. The highest BCUT2D eigenvalue weighted by molar-refractivity contribution is 5.59. The van der Waals surface area contributed by atoms with Crippen LogP contribution >= 0.6 is 0 Å². The van der Waals surface area contributed by atoms with E-state index in [1.807, 2.05) is 68.4 Å². The van der Waals surface area contributed by atoms with Crippen molar-refractivity contribution in [1.82, 2.24) is 4.98 Å². The second-order valence-corrected chi connectivity index (χ2v) is 5.45. The Morgan fingerprint density at radius 2 is 1.78 bits per heavy atom. The van der Waals surface area contributed by atoms with Gasteiger partial charge in [-0.2, -0.15) is 10.2 Å². The molecular weight excluding hydrogens is 286 g/mol. The maximum atomic E-state index is 9.29. The Balaban J connectivity index is 1.88. The molecule has 23 heavy (non-hydrogen) atoms. The Hall–Kier alpha value is -3.06. The molecule has 2 aromatic carbocycles. The van der Waals surface area contributed by atoms with E-state index in [9.17, 15) is 5.26 Å². The van der Waals surface area contributed by atoms with Crippen LogP contribution in [0.3, 0.4) is 0 Å². The first-order valence-corrected chi connectivity index (χ1v) is 7.47. The Kier molecular flexibility index (Phi) is 4.11. The molecule has 1 N–H and O–H groups in total. The zero-order valence-electron chi connectivity index (χ0n) is 13.1. The number of nitrogens with zero attached hydrogens (tertiary/aromatic N) is 2. The molecule has 0 fully saturated rings. The molecule has 1 unspecified atom stereocenters. The lowest BCUT2D eigenvalue weighted by molar-refractivity contribution is 0.578. The molecule has 0 aliphatic heterocycles. The SMILES string of the molecule is Cc1ccc(-c2nc(C#N)c(NC(C)c3ccccc3)o2)cc1. The summed E-state index contributed by atoms with van der Waals surface area (Å²) in [4.78, 5) is 4.29. The molecular formula is C19H17N3O. The van der Waals surface area contributed by atoms with Gasteiger partial charge in [-0.15, -0.1) is 0 Å². The Morgan fingerprint density at radius 1 is 1.09 bits per heavy atom. The van der Waals surface area contributed by atoms with Gasteiger partial charge in [0.05, 0.1) is 6.04 Å². The fraction of sp³-hybridized carbons (Fsp3) is 0.158. The van der Waals surface area contributed by atoms with E-state index in [0.717, 1.165) is 16.7 Å². The van der Waals surface area contributed by atoms with Crippen LogP contribution in [0.5, 0.6) is 0 Å². The van der Waals surface area contributed by atoms with E-state index in [1.165, 1.54) is 0 Å². The monoisotopic (exact) mass is 303 g/mol. The van der Waals surface area contributed by atoms with Gasteiger partial charge in [-0.1, -0.05) is 48.0 Å². The van der Waals surface area contributed by atoms with Gasteiger partial charge in [0.1, 0.15) is 6.07 Å².